The smallest absolute Gasteiger partial charge is 0.207 e. The quantitative estimate of drug-likeness (QED) is 0.379. The molecule has 33 heavy (non-hydrogen) atoms. The molecule has 0 unspecified atom stereocenters. The molecule has 2 aromatic carbocycles. The summed E-state index contributed by atoms with van der Waals surface area (Å²) in [5.41, 5.74) is 2.11. The van der Waals surface area contributed by atoms with Gasteiger partial charge in [-0.2, -0.15) is 0 Å². The van der Waals surface area contributed by atoms with Crippen molar-refractivity contribution in [3.63, 3.8) is 0 Å². The summed E-state index contributed by atoms with van der Waals surface area (Å²) in [5.74, 6) is 0.751. The Morgan fingerprint density at radius 2 is 1.94 bits per heavy atom. The highest BCUT2D eigenvalue weighted by atomic mass is 32.2. The topological polar surface area (TPSA) is 84.5 Å². The average Bonchev–Trinajstić information content (AvgIpc) is 2.92. The van der Waals surface area contributed by atoms with Crippen molar-refractivity contribution in [3.8, 4) is 5.75 Å². The molecule has 0 aliphatic carbocycles. The monoisotopic (exact) mass is 472 g/mol. The first-order valence-electron chi connectivity index (χ1n) is 11.8. The zero-order valence-corrected chi connectivity index (χ0v) is 20.7. The summed E-state index contributed by atoms with van der Waals surface area (Å²) in [5, 5.41) is 6.45. The Bertz CT molecular complexity index is 1040. The van der Waals surface area contributed by atoms with Crippen molar-refractivity contribution in [1.29, 1.82) is 0 Å². The Morgan fingerprint density at radius 3 is 2.58 bits per heavy atom. The predicted molar refractivity (Wildman–Crippen MR) is 131 cm³/mol. The van der Waals surface area contributed by atoms with Gasteiger partial charge in [-0.1, -0.05) is 57.0 Å². The number of carbonyl (C=O) groups is 1. The van der Waals surface area contributed by atoms with E-state index in [4.69, 9.17) is 4.74 Å². The van der Waals surface area contributed by atoms with Crippen molar-refractivity contribution < 1.29 is 17.9 Å². The van der Waals surface area contributed by atoms with Crippen molar-refractivity contribution in [1.82, 2.24) is 10.6 Å². The summed E-state index contributed by atoms with van der Waals surface area (Å²) in [4.78, 5) is 11.0. The highest BCUT2D eigenvalue weighted by Gasteiger charge is 2.42. The van der Waals surface area contributed by atoms with Crippen LogP contribution in [-0.2, 0) is 21.1 Å². The third-order valence-corrected chi connectivity index (χ3v) is 8.60. The van der Waals surface area contributed by atoms with Crippen molar-refractivity contribution in [2.75, 3.05) is 19.4 Å². The van der Waals surface area contributed by atoms with E-state index in [1.54, 1.807) is 13.2 Å². The van der Waals surface area contributed by atoms with E-state index in [2.05, 4.69) is 24.5 Å². The van der Waals surface area contributed by atoms with E-state index in [9.17, 15) is 13.2 Å². The zero-order chi connectivity index (χ0) is 23.9. The van der Waals surface area contributed by atoms with Gasteiger partial charge in [0.2, 0.25) is 6.41 Å². The van der Waals surface area contributed by atoms with E-state index < -0.39 is 15.4 Å². The largest absolute Gasteiger partial charge is 0.496 e. The van der Waals surface area contributed by atoms with E-state index in [-0.39, 0.29) is 11.8 Å². The number of sulfone groups is 1. The second-order valence-electron chi connectivity index (χ2n) is 8.86. The van der Waals surface area contributed by atoms with Crippen LogP contribution < -0.4 is 15.4 Å². The number of hydrogen-bond acceptors (Lipinski definition) is 5. The normalized spacial score (nSPS) is 21.6. The van der Waals surface area contributed by atoms with Gasteiger partial charge in [-0.05, 0) is 54.5 Å². The molecule has 0 fully saturated rings. The Balaban J connectivity index is 2.16. The van der Waals surface area contributed by atoms with Crippen LogP contribution in [0.3, 0.4) is 0 Å². The molecule has 3 rings (SSSR count). The molecular formula is C26H36N2O4S. The van der Waals surface area contributed by atoms with Crippen molar-refractivity contribution in [3.05, 3.63) is 59.2 Å². The Labute approximate surface area is 198 Å². The second-order valence-corrected chi connectivity index (χ2v) is 10.8. The molecular weight excluding hydrogens is 436 g/mol. The highest BCUT2D eigenvalue weighted by molar-refractivity contribution is 7.91. The number of fused-ring (bicyclic) bond motifs is 1. The molecule has 1 amide bonds. The summed E-state index contributed by atoms with van der Waals surface area (Å²) in [6.07, 6.45) is 5.50. The lowest BCUT2D eigenvalue weighted by molar-refractivity contribution is -0.109. The lowest BCUT2D eigenvalue weighted by Crippen LogP contribution is -2.50. The lowest BCUT2D eigenvalue weighted by atomic mass is 9.87. The number of methoxy groups -OCH3 is 1. The fraction of sp³-hybridized carbons (Fsp3) is 0.500. The summed E-state index contributed by atoms with van der Waals surface area (Å²) >= 11 is 0. The number of rotatable bonds is 11. The average molecular weight is 473 g/mol. The van der Waals surface area contributed by atoms with E-state index in [1.807, 2.05) is 36.4 Å². The molecule has 0 aromatic heterocycles. The first-order valence-corrected chi connectivity index (χ1v) is 13.5. The molecule has 0 saturated heterocycles. The molecule has 2 atom stereocenters. The van der Waals surface area contributed by atoms with E-state index in [0.29, 0.717) is 36.4 Å². The van der Waals surface area contributed by atoms with Gasteiger partial charge in [-0.3, -0.25) is 10.1 Å². The molecule has 180 valence electrons. The molecule has 2 N–H and O–H groups in total. The maximum absolute atomic E-state index is 13.8. The number of carbonyl (C=O) groups excluding carboxylic acids is 1. The van der Waals surface area contributed by atoms with Crippen LogP contribution in [0.1, 0.15) is 68.7 Å². The number of amides is 1. The van der Waals surface area contributed by atoms with Crippen LogP contribution in [0.5, 0.6) is 5.75 Å². The standard InChI is InChI=1S/C26H36N2O4S/c1-4-6-14-26(5-2)18-33(30,31)24-16-21(13-10-15-27-19-29)23(32-3)17-22(24)25(28-26)20-11-8-7-9-12-20/h7-9,11-12,16-17,19,25,28H,4-6,10,13-15,18H2,1-3H3,(H,27,29)/t25-,26-/m1/s1. The Kier molecular flexibility index (Phi) is 8.54. The molecule has 0 spiro atoms. The number of aryl methyl sites for hydroxylation is 1. The zero-order valence-electron chi connectivity index (χ0n) is 19.9. The number of benzene rings is 2. The van der Waals surface area contributed by atoms with Crippen LogP contribution in [0, 0.1) is 0 Å². The minimum absolute atomic E-state index is 0.0747. The fourth-order valence-corrected chi connectivity index (χ4v) is 6.93. The summed E-state index contributed by atoms with van der Waals surface area (Å²) in [6.45, 7) is 4.73. The van der Waals surface area contributed by atoms with Crippen LogP contribution in [0.4, 0.5) is 0 Å². The third-order valence-electron chi connectivity index (χ3n) is 6.64. The molecule has 1 aliphatic rings. The third kappa shape index (κ3) is 5.76. The van der Waals surface area contributed by atoms with Gasteiger partial charge in [0.05, 0.1) is 23.8 Å². The molecule has 2 aromatic rings. The molecule has 1 aliphatic heterocycles. The van der Waals surface area contributed by atoms with Gasteiger partial charge >= 0.3 is 0 Å². The number of unbranched alkanes of at least 4 members (excludes halogenated alkanes) is 1. The molecule has 0 radical (unpaired) electrons. The van der Waals surface area contributed by atoms with Crippen LogP contribution in [0.15, 0.2) is 47.4 Å². The van der Waals surface area contributed by atoms with Gasteiger partial charge in [0.1, 0.15) is 5.75 Å². The summed E-state index contributed by atoms with van der Waals surface area (Å²) in [7, 11) is -1.93. The molecule has 0 bridgehead atoms. The number of nitrogens with one attached hydrogen (secondary N) is 2. The molecule has 1 heterocycles. The SMILES string of the molecule is CCCC[C@]1(CC)CS(=O)(=O)c2cc(CCCNC=O)c(OC)cc2[C@@H](c2ccccc2)N1. The van der Waals surface area contributed by atoms with E-state index in [0.717, 1.165) is 42.4 Å². The van der Waals surface area contributed by atoms with Gasteiger partial charge in [0.25, 0.3) is 0 Å². The first kappa shape index (κ1) is 25.2. The van der Waals surface area contributed by atoms with Gasteiger partial charge < -0.3 is 10.1 Å². The van der Waals surface area contributed by atoms with Gasteiger partial charge in [-0.25, -0.2) is 8.42 Å². The summed E-state index contributed by atoms with van der Waals surface area (Å²) in [6, 6.07) is 13.5. The first-order chi connectivity index (χ1) is 15.9. The second kappa shape index (κ2) is 11.2. The van der Waals surface area contributed by atoms with Crippen molar-refractivity contribution in [2.24, 2.45) is 0 Å². The molecule has 0 saturated carbocycles. The number of hydrogen-bond donors (Lipinski definition) is 2. The van der Waals surface area contributed by atoms with Gasteiger partial charge in [-0.15, -0.1) is 0 Å². The maximum Gasteiger partial charge on any atom is 0.207 e. The summed E-state index contributed by atoms with van der Waals surface area (Å²) < 4.78 is 33.3. The van der Waals surface area contributed by atoms with Crippen LogP contribution in [-0.4, -0.2) is 39.8 Å². The lowest BCUT2D eigenvalue weighted by Gasteiger charge is -2.36. The molecule has 6 nitrogen and oxygen atoms in total. The van der Waals surface area contributed by atoms with E-state index >= 15 is 0 Å². The Morgan fingerprint density at radius 1 is 1.18 bits per heavy atom. The van der Waals surface area contributed by atoms with E-state index in [1.165, 1.54) is 0 Å². The maximum atomic E-state index is 13.8. The number of ether oxygens (including phenoxy) is 1. The van der Waals surface area contributed by atoms with Crippen LogP contribution >= 0.6 is 0 Å². The van der Waals surface area contributed by atoms with Crippen molar-refractivity contribution in [2.45, 2.75) is 68.8 Å². The minimum atomic E-state index is -3.54. The van der Waals surface area contributed by atoms with Gasteiger partial charge in [0.15, 0.2) is 9.84 Å². The predicted octanol–water partition coefficient (Wildman–Crippen LogP) is 4.18. The van der Waals surface area contributed by atoms with Crippen molar-refractivity contribution >= 4 is 16.2 Å². The fourth-order valence-electron chi connectivity index (χ4n) is 4.75. The van der Waals surface area contributed by atoms with Crippen LogP contribution in [0.2, 0.25) is 0 Å². The molecule has 7 heteroatoms. The Hall–Kier alpha value is -2.38. The van der Waals surface area contributed by atoms with Crippen LogP contribution in [0.25, 0.3) is 0 Å². The highest BCUT2D eigenvalue weighted by Crippen LogP contribution is 2.41. The van der Waals surface area contributed by atoms with Gasteiger partial charge in [0, 0.05) is 12.1 Å². The minimum Gasteiger partial charge on any atom is -0.496 e.